The molecule has 1 aromatic carbocycles. The maximum atomic E-state index is 13.8. The third kappa shape index (κ3) is 6.39. The molecule has 0 unspecified atom stereocenters. The molecule has 2 aliphatic heterocycles. The molecule has 2 fully saturated rings. The summed E-state index contributed by atoms with van der Waals surface area (Å²) < 4.78 is 27.1. The van der Waals surface area contributed by atoms with Gasteiger partial charge in [0, 0.05) is 52.4 Å². The Morgan fingerprint density at radius 3 is 2.47 bits per heavy atom. The van der Waals surface area contributed by atoms with Crippen LogP contribution in [0.5, 0.6) is 0 Å². The molecule has 166 valence electrons. The van der Waals surface area contributed by atoms with Crippen LogP contribution in [0.4, 0.5) is 8.78 Å². The van der Waals surface area contributed by atoms with E-state index in [1.54, 1.807) is 0 Å². The van der Waals surface area contributed by atoms with Crippen molar-refractivity contribution in [2.45, 2.75) is 32.6 Å². The van der Waals surface area contributed by atoms with Gasteiger partial charge in [-0.15, -0.1) is 0 Å². The average Bonchev–Trinajstić information content (AvgIpc) is 2.76. The second-order valence-corrected chi connectivity index (χ2v) is 7.93. The molecular formula is C22H33F2N5O. The monoisotopic (exact) mass is 421 g/mol. The molecule has 30 heavy (non-hydrogen) atoms. The van der Waals surface area contributed by atoms with Crippen molar-refractivity contribution >= 4 is 11.9 Å². The van der Waals surface area contributed by atoms with E-state index in [2.05, 4.69) is 20.1 Å². The topological polar surface area (TPSA) is 51.2 Å². The fourth-order valence-corrected chi connectivity index (χ4v) is 4.00. The first-order valence-electron chi connectivity index (χ1n) is 11.0. The average molecular weight is 422 g/mol. The molecule has 1 N–H and O–H groups in total. The molecule has 1 aromatic rings. The highest BCUT2D eigenvalue weighted by atomic mass is 19.1. The van der Waals surface area contributed by atoms with E-state index in [-0.39, 0.29) is 5.91 Å². The van der Waals surface area contributed by atoms with Crippen molar-refractivity contribution in [3.63, 3.8) is 0 Å². The van der Waals surface area contributed by atoms with Crippen molar-refractivity contribution < 1.29 is 13.6 Å². The zero-order chi connectivity index (χ0) is 21.3. The molecule has 2 aliphatic rings. The molecule has 8 heteroatoms. The molecule has 0 spiro atoms. The van der Waals surface area contributed by atoms with Crippen molar-refractivity contribution in [1.29, 1.82) is 0 Å². The van der Waals surface area contributed by atoms with Gasteiger partial charge in [-0.3, -0.25) is 14.7 Å². The third-order valence-corrected chi connectivity index (χ3v) is 5.72. The van der Waals surface area contributed by atoms with Crippen molar-refractivity contribution in [2.75, 3.05) is 58.9 Å². The minimum absolute atomic E-state index is 0.237. The van der Waals surface area contributed by atoms with Gasteiger partial charge in [0.05, 0.1) is 6.54 Å². The Morgan fingerprint density at radius 1 is 1.03 bits per heavy atom. The Hall–Kier alpha value is -2.22. The number of hydrogen-bond donors (Lipinski definition) is 1. The van der Waals surface area contributed by atoms with Gasteiger partial charge in [0.2, 0.25) is 5.91 Å². The lowest BCUT2D eigenvalue weighted by Crippen LogP contribution is -2.54. The lowest BCUT2D eigenvalue weighted by atomic mass is 10.1. The van der Waals surface area contributed by atoms with Crippen LogP contribution in [0.15, 0.2) is 23.2 Å². The van der Waals surface area contributed by atoms with E-state index in [0.29, 0.717) is 25.1 Å². The van der Waals surface area contributed by atoms with Gasteiger partial charge in [0.1, 0.15) is 11.6 Å². The fraction of sp³-hybridized carbons (Fsp3) is 0.636. The summed E-state index contributed by atoms with van der Waals surface area (Å²) in [5.41, 5.74) is 0.343. The number of aliphatic imine (C=N–C) groups is 1. The van der Waals surface area contributed by atoms with E-state index in [9.17, 15) is 13.6 Å². The van der Waals surface area contributed by atoms with Gasteiger partial charge in [-0.2, -0.15) is 0 Å². The number of hydrogen-bond acceptors (Lipinski definition) is 3. The highest BCUT2D eigenvalue weighted by molar-refractivity contribution is 5.80. The van der Waals surface area contributed by atoms with E-state index in [1.165, 1.54) is 12.5 Å². The summed E-state index contributed by atoms with van der Waals surface area (Å²) in [6.45, 7) is 8.59. The van der Waals surface area contributed by atoms with Crippen molar-refractivity contribution in [1.82, 2.24) is 20.0 Å². The van der Waals surface area contributed by atoms with Crippen LogP contribution in [0.1, 0.15) is 31.7 Å². The number of likely N-dealkylation sites (tertiary alicyclic amines) is 1. The molecule has 0 atom stereocenters. The number of piperidine rings is 1. The number of nitrogens with one attached hydrogen (secondary N) is 1. The van der Waals surface area contributed by atoms with Crippen LogP contribution in [-0.2, 0) is 11.2 Å². The number of guanidine groups is 1. The van der Waals surface area contributed by atoms with E-state index < -0.39 is 11.6 Å². The van der Waals surface area contributed by atoms with Gasteiger partial charge in [-0.1, -0.05) is 0 Å². The van der Waals surface area contributed by atoms with Crippen molar-refractivity contribution in [3.05, 3.63) is 35.4 Å². The van der Waals surface area contributed by atoms with Gasteiger partial charge < -0.3 is 15.1 Å². The summed E-state index contributed by atoms with van der Waals surface area (Å²) >= 11 is 0. The molecular weight excluding hydrogens is 388 g/mol. The summed E-state index contributed by atoms with van der Waals surface area (Å²) in [5, 5.41) is 3.29. The molecule has 0 aliphatic carbocycles. The Labute approximate surface area is 177 Å². The van der Waals surface area contributed by atoms with Crippen LogP contribution in [0, 0.1) is 11.6 Å². The quantitative estimate of drug-likeness (QED) is 0.565. The minimum Gasteiger partial charge on any atom is -0.357 e. The Bertz CT molecular complexity index is 728. The number of piperazine rings is 1. The molecule has 0 aromatic heterocycles. The first-order chi connectivity index (χ1) is 14.6. The van der Waals surface area contributed by atoms with Gasteiger partial charge >= 0.3 is 0 Å². The second kappa shape index (κ2) is 11.2. The fourth-order valence-electron chi connectivity index (χ4n) is 4.00. The maximum Gasteiger partial charge on any atom is 0.236 e. The standard InChI is InChI=1S/C22H33F2N5O/c1-2-25-22(26-9-8-18-16-19(23)6-7-20(18)24)29-14-12-27(13-15-29)17-21(30)28-10-4-3-5-11-28/h6-7,16H,2-5,8-15,17H2,1H3,(H,25,26). The molecule has 2 saturated heterocycles. The third-order valence-electron chi connectivity index (χ3n) is 5.72. The summed E-state index contributed by atoms with van der Waals surface area (Å²) in [6, 6.07) is 3.52. The summed E-state index contributed by atoms with van der Waals surface area (Å²) in [4.78, 5) is 23.5. The van der Waals surface area contributed by atoms with E-state index in [4.69, 9.17) is 0 Å². The Kier molecular flexibility index (Phi) is 8.42. The zero-order valence-electron chi connectivity index (χ0n) is 17.9. The normalized spacial score (nSPS) is 18.6. The summed E-state index contributed by atoms with van der Waals surface area (Å²) in [6.07, 6.45) is 3.80. The number of rotatable bonds is 6. The first-order valence-corrected chi connectivity index (χ1v) is 11.0. The molecule has 1 amide bonds. The molecule has 2 heterocycles. The van der Waals surface area contributed by atoms with Gasteiger partial charge in [-0.05, 0) is 56.4 Å². The van der Waals surface area contributed by atoms with E-state index >= 15 is 0 Å². The van der Waals surface area contributed by atoms with Crippen LogP contribution in [0.25, 0.3) is 0 Å². The van der Waals surface area contributed by atoms with Crippen LogP contribution in [0.3, 0.4) is 0 Å². The number of halogens is 2. The number of amides is 1. The van der Waals surface area contributed by atoms with Crippen LogP contribution in [-0.4, -0.2) is 85.5 Å². The van der Waals surface area contributed by atoms with Gasteiger partial charge in [0.15, 0.2) is 5.96 Å². The predicted molar refractivity (Wildman–Crippen MR) is 114 cm³/mol. The predicted octanol–water partition coefficient (Wildman–Crippen LogP) is 2.10. The summed E-state index contributed by atoms with van der Waals surface area (Å²) in [7, 11) is 0. The number of benzene rings is 1. The number of carbonyl (C=O) groups excluding carboxylic acids is 1. The van der Waals surface area contributed by atoms with Crippen LogP contribution < -0.4 is 5.32 Å². The number of carbonyl (C=O) groups is 1. The SMILES string of the molecule is CCNC(=NCCc1cc(F)ccc1F)N1CCN(CC(=O)N2CCCCC2)CC1. The van der Waals surface area contributed by atoms with Gasteiger partial charge in [-0.25, -0.2) is 8.78 Å². The Balaban J connectivity index is 1.49. The highest BCUT2D eigenvalue weighted by Crippen LogP contribution is 2.12. The molecule has 3 rings (SSSR count). The lowest BCUT2D eigenvalue weighted by Gasteiger charge is -2.37. The van der Waals surface area contributed by atoms with Crippen LogP contribution in [0.2, 0.25) is 0 Å². The Morgan fingerprint density at radius 2 is 1.77 bits per heavy atom. The number of nitrogens with zero attached hydrogens (tertiary/aromatic N) is 4. The maximum absolute atomic E-state index is 13.8. The summed E-state index contributed by atoms with van der Waals surface area (Å²) in [5.74, 6) is 0.193. The van der Waals surface area contributed by atoms with Crippen molar-refractivity contribution in [3.8, 4) is 0 Å². The molecule has 0 bridgehead atoms. The molecule has 6 nitrogen and oxygen atoms in total. The molecule has 0 saturated carbocycles. The highest BCUT2D eigenvalue weighted by Gasteiger charge is 2.24. The molecule has 0 radical (unpaired) electrons. The minimum atomic E-state index is -0.433. The lowest BCUT2D eigenvalue weighted by molar-refractivity contribution is -0.133. The van der Waals surface area contributed by atoms with E-state index in [1.807, 2.05) is 11.8 Å². The van der Waals surface area contributed by atoms with Crippen molar-refractivity contribution in [2.24, 2.45) is 4.99 Å². The largest absolute Gasteiger partial charge is 0.357 e. The smallest absolute Gasteiger partial charge is 0.236 e. The first kappa shape index (κ1) is 22.5. The van der Waals surface area contributed by atoms with Gasteiger partial charge in [0.25, 0.3) is 0 Å². The van der Waals surface area contributed by atoms with E-state index in [0.717, 1.165) is 76.7 Å². The van der Waals surface area contributed by atoms with Crippen LogP contribution >= 0.6 is 0 Å². The second-order valence-electron chi connectivity index (χ2n) is 7.93. The zero-order valence-corrected chi connectivity index (χ0v) is 17.9.